The molecule has 29 heavy (non-hydrogen) atoms. The van der Waals surface area contributed by atoms with Gasteiger partial charge < -0.3 is 9.64 Å². The van der Waals surface area contributed by atoms with E-state index in [9.17, 15) is 9.59 Å². The summed E-state index contributed by atoms with van der Waals surface area (Å²) in [5.41, 5.74) is 1.54. The Labute approximate surface area is 169 Å². The molecule has 1 atom stereocenters. The van der Waals surface area contributed by atoms with E-state index in [4.69, 9.17) is 4.74 Å². The molecular formula is C23H23N3O3. The van der Waals surface area contributed by atoms with Crippen LogP contribution in [0.4, 0.5) is 11.5 Å². The lowest BCUT2D eigenvalue weighted by Crippen LogP contribution is -2.35. The molecule has 3 aromatic rings. The van der Waals surface area contributed by atoms with E-state index >= 15 is 0 Å². The lowest BCUT2D eigenvalue weighted by atomic mass is 10.1. The minimum absolute atomic E-state index is 0.0737. The number of rotatable bonds is 5. The monoisotopic (exact) mass is 389 g/mol. The van der Waals surface area contributed by atoms with Crippen LogP contribution in [0.15, 0.2) is 60.7 Å². The molecule has 1 aliphatic heterocycles. The number of ether oxygens (including phenoxy) is 1. The highest BCUT2D eigenvalue weighted by Gasteiger charge is 2.38. The number of benzene rings is 2. The van der Waals surface area contributed by atoms with Gasteiger partial charge in [0.05, 0.1) is 23.7 Å². The SMILES string of the molecule is CCOc1ccccc1N1C[C@H](C(=O)N(C)c2ccc3ccccc3n2)CC1=O. The summed E-state index contributed by atoms with van der Waals surface area (Å²) in [6.45, 7) is 2.75. The molecule has 4 rings (SSSR count). The molecule has 6 nitrogen and oxygen atoms in total. The molecule has 6 heteroatoms. The molecular weight excluding hydrogens is 366 g/mol. The maximum atomic E-state index is 13.1. The Morgan fingerprint density at radius 1 is 1.14 bits per heavy atom. The molecule has 0 unspecified atom stereocenters. The Balaban J connectivity index is 1.54. The number of nitrogens with zero attached hydrogens (tertiary/aromatic N) is 3. The molecule has 0 spiro atoms. The number of anilines is 2. The predicted octanol–water partition coefficient (Wildman–Crippen LogP) is 3.65. The Kier molecular flexibility index (Phi) is 5.16. The van der Waals surface area contributed by atoms with Crippen LogP contribution in [0.1, 0.15) is 13.3 Å². The van der Waals surface area contributed by atoms with Crippen LogP contribution in [-0.4, -0.2) is 37.0 Å². The van der Waals surface area contributed by atoms with Crippen LogP contribution in [-0.2, 0) is 9.59 Å². The highest BCUT2D eigenvalue weighted by Crippen LogP contribution is 2.34. The zero-order valence-electron chi connectivity index (χ0n) is 16.5. The molecule has 0 radical (unpaired) electrons. The molecule has 0 aliphatic carbocycles. The zero-order chi connectivity index (χ0) is 20.4. The van der Waals surface area contributed by atoms with Crippen molar-refractivity contribution in [2.45, 2.75) is 13.3 Å². The average molecular weight is 389 g/mol. The number of hydrogen-bond donors (Lipinski definition) is 0. The highest BCUT2D eigenvalue weighted by molar-refractivity contribution is 6.04. The fraction of sp³-hybridized carbons (Fsp3) is 0.261. The first-order valence-corrected chi connectivity index (χ1v) is 9.74. The van der Waals surface area contributed by atoms with Gasteiger partial charge in [-0.25, -0.2) is 4.98 Å². The summed E-state index contributed by atoms with van der Waals surface area (Å²) < 4.78 is 5.65. The van der Waals surface area contributed by atoms with Gasteiger partial charge in [0.15, 0.2) is 0 Å². The summed E-state index contributed by atoms with van der Waals surface area (Å²) in [5, 5.41) is 1.02. The van der Waals surface area contributed by atoms with Crippen molar-refractivity contribution >= 4 is 34.2 Å². The summed E-state index contributed by atoms with van der Waals surface area (Å²) in [6.07, 6.45) is 0.178. The number of aromatic nitrogens is 1. The van der Waals surface area contributed by atoms with Gasteiger partial charge in [-0.05, 0) is 37.3 Å². The Bertz CT molecular complexity index is 1070. The van der Waals surface area contributed by atoms with Crippen molar-refractivity contribution in [1.29, 1.82) is 0 Å². The summed E-state index contributed by atoms with van der Waals surface area (Å²) >= 11 is 0. The van der Waals surface area contributed by atoms with Crippen LogP contribution in [0.5, 0.6) is 5.75 Å². The van der Waals surface area contributed by atoms with Gasteiger partial charge in [0.25, 0.3) is 0 Å². The first kappa shape index (κ1) is 18.9. The van der Waals surface area contributed by atoms with Gasteiger partial charge in [-0.2, -0.15) is 0 Å². The number of hydrogen-bond acceptors (Lipinski definition) is 4. The van der Waals surface area contributed by atoms with Gasteiger partial charge in [-0.1, -0.05) is 30.3 Å². The van der Waals surface area contributed by atoms with Gasteiger partial charge >= 0.3 is 0 Å². The van der Waals surface area contributed by atoms with Crippen LogP contribution in [0.25, 0.3) is 10.9 Å². The van der Waals surface area contributed by atoms with Crippen molar-refractivity contribution in [3.8, 4) is 5.75 Å². The molecule has 2 aromatic carbocycles. The van der Waals surface area contributed by atoms with E-state index in [2.05, 4.69) is 4.98 Å². The van der Waals surface area contributed by atoms with E-state index < -0.39 is 5.92 Å². The van der Waals surface area contributed by atoms with E-state index in [0.29, 0.717) is 30.4 Å². The van der Waals surface area contributed by atoms with Crippen LogP contribution in [0.3, 0.4) is 0 Å². The second kappa shape index (κ2) is 7.91. The minimum atomic E-state index is -0.421. The number of pyridine rings is 1. The largest absolute Gasteiger partial charge is 0.492 e. The Morgan fingerprint density at radius 2 is 1.90 bits per heavy atom. The maximum Gasteiger partial charge on any atom is 0.233 e. The van der Waals surface area contributed by atoms with Crippen molar-refractivity contribution in [2.75, 3.05) is 30.0 Å². The second-order valence-corrected chi connectivity index (χ2v) is 7.07. The summed E-state index contributed by atoms with van der Waals surface area (Å²) in [6, 6.07) is 19.0. The standard InChI is InChI=1S/C23H23N3O3/c1-3-29-20-11-7-6-10-19(20)26-15-17(14-22(26)27)23(28)25(2)21-13-12-16-8-4-5-9-18(16)24-21/h4-13,17H,3,14-15H2,1-2H3/t17-/m1/s1. The van der Waals surface area contributed by atoms with Crippen LogP contribution in [0, 0.1) is 5.92 Å². The van der Waals surface area contributed by atoms with E-state index in [-0.39, 0.29) is 18.2 Å². The molecule has 2 amide bonds. The fourth-order valence-electron chi connectivity index (χ4n) is 3.69. The molecule has 2 heterocycles. The van der Waals surface area contributed by atoms with Crippen molar-refractivity contribution in [1.82, 2.24) is 4.98 Å². The second-order valence-electron chi connectivity index (χ2n) is 7.07. The Hall–Kier alpha value is -3.41. The van der Waals surface area contributed by atoms with Crippen LogP contribution < -0.4 is 14.5 Å². The number of fused-ring (bicyclic) bond motifs is 1. The fourth-order valence-corrected chi connectivity index (χ4v) is 3.69. The van der Waals surface area contributed by atoms with Gasteiger partial charge in [0.2, 0.25) is 11.8 Å². The molecule has 148 valence electrons. The number of amides is 2. The number of carbonyl (C=O) groups is 2. The van der Waals surface area contributed by atoms with E-state index in [1.54, 1.807) is 16.8 Å². The van der Waals surface area contributed by atoms with Crippen molar-refractivity contribution in [2.24, 2.45) is 5.92 Å². The molecule has 1 fully saturated rings. The average Bonchev–Trinajstić information content (AvgIpc) is 3.14. The smallest absolute Gasteiger partial charge is 0.233 e. The number of para-hydroxylation sites is 3. The zero-order valence-corrected chi connectivity index (χ0v) is 16.5. The van der Waals surface area contributed by atoms with E-state index in [1.165, 1.54) is 0 Å². The lowest BCUT2D eigenvalue weighted by Gasteiger charge is -2.22. The molecule has 1 aromatic heterocycles. The van der Waals surface area contributed by atoms with Crippen LogP contribution in [0.2, 0.25) is 0 Å². The highest BCUT2D eigenvalue weighted by atomic mass is 16.5. The number of carbonyl (C=O) groups excluding carboxylic acids is 2. The molecule has 0 N–H and O–H groups in total. The van der Waals surface area contributed by atoms with Gasteiger partial charge in [-0.15, -0.1) is 0 Å². The predicted molar refractivity (Wildman–Crippen MR) is 113 cm³/mol. The van der Waals surface area contributed by atoms with E-state index in [0.717, 1.165) is 10.9 Å². The quantitative estimate of drug-likeness (QED) is 0.668. The maximum absolute atomic E-state index is 13.1. The summed E-state index contributed by atoms with van der Waals surface area (Å²) in [5.74, 6) is 0.624. The Morgan fingerprint density at radius 3 is 2.72 bits per heavy atom. The van der Waals surface area contributed by atoms with E-state index in [1.807, 2.05) is 67.6 Å². The topological polar surface area (TPSA) is 62.7 Å². The van der Waals surface area contributed by atoms with Gasteiger partial charge in [0.1, 0.15) is 11.6 Å². The van der Waals surface area contributed by atoms with Crippen molar-refractivity contribution in [3.05, 3.63) is 60.7 Å². The van der Waals surface area contributed by atoms with Gasteiger partial charge in [-0.3, -0.25) is 14.5 Å². The van der Waals surface area contributed by atoms with Crippen LogP contribution >= 0.6 is 0 Å². The first-order valence-electron chi connectivity index (χ1n) is 9.74. The summed E-state index contributed by atoms with van der Waals surface area (Å²) in [4.78, 5) is 33.5. The molecule has 0 bridgehead atoms. The summed E-state index contributed by atoms with van der Waals surface area (Å²) in [7, 11) is 1.71. The third kappa shape index (κ3) is 3.66. The normalized spacial score (nSPS) is 16.3. The van der Waals surface area contributed by atoms with Crippen molar-refractivity contribution in [3.63, 3.8) is 0 Å². The molecule has 1 saturated heterocycles. The first-order chi connectivity index (χ1) is 14.1. The van der Waals surface area contributed by atoms with Gasteiger partial charge in [0, 0.05) is 25.4 Å². The minimum Gasteiger partial charge on any atom is -0.492 e. The van der Waals surface area contributed by atoms with Crippen molar-refractivity contribution < 1.29 is 14.3 Å². The third-order valence-corrected chi connectivity index (χ3v) is 5.19. The third-order valence-electron chi connectivity index (χ3n) is 5.19. The molecule has 1 aliphatic rings. The molecule has 0 saturated carbocycles. The lowest BCUT2D eigenvalue weighted by molar-refractivity contribution is -0.124.